The summed E-state index contributed by atoms with van der Waals surface area (Å²) in [5, 5.41) is 5.92. The first-order valence-corrected chi connectivity index (χ1v) is 8.54. The van der Waals surface area contributed by atoms with E-state index >= 15 is 0 Å². The number of hydrogen-bond donors (Lipinski definition) is 1. The average Bonchev–Trinajstić information content (AvgIpc) is 3.10. The van der Waals surface area contributed by atoms with E-state index in [-0.39, 0.29) is 0 Å². The topological polar surface area (TPSA) is 12.0 Å². The standard InChI is InChI=1S/C18H23NS/c1-14-6-5-9-16(14)11-19-12-18-10-17(13-20-18)15-7-3-2-4-8-15/h2-4,7-8,10,13-14,16,19H,5-6,9,11-12H2,1H3. The molecule has 2 unspecified atom stereocenters. The zero-order valence-corrected chi connectivity index (χ0v) is 13.0. The van der Waals surface area contributed by atoms with E-state index in [2.05, 4.69) is 54.0 Å². The van der Waals surface area contributed by atoms with Crippen molar-refractivity contribution >= 4 is 11.3 Å². The molecule has 1 heterocycles. The second-order valence-corrected chi connectivity index (χ2v) is 6.96. The summed E-state index contributed by atoms with van der Waals surface area (Å²) in [4.78, 5) is 1.44. The fourth-order valence-electron chi connectivity index (χ4n) is 3.16. The van der Waals surface area contributed by atoms with Gasteiger partial charge in [0, 0.05) is 11.4 Å². The van der Waals surface area contributed by atoms with Gasteiger partial charge < -0.3 is 5.32 Å². The number of benzene rings is 1. The molecule has 0 bridgehead atoms. The molecule has 2 aromatic rings. The number of nitrogens with one attached hydrogen (secondary N) is 1. The Morgan fingerprint density at radius 1 is 1.15 bits per heavy atom. The lowest BCUT2D eigenvalue weighted by atomic mass is 9.98. The molecule has 1 fully saturated rings. The summed E-state index contributed by atoms with van der Waals surface area (Å²) in [5.41, 5.74) is 2.67. The van der Waals surface area contributed by atoms with Gasteiger partial charge in [0.2, 0.25) is 0 Å². The predicted octanol–water partition coefficient (Wildman–Crippen LogP) is 4.94. The van der Waals surface area contributed by atoms with Crippen molar-refractivity contribution in [2.75, 3.05) is 6.54 Å². The van der Waals surface area contributed by atoms with E-state index in [0.29, 0.717) is 0 Å². The van der Waals surface area contributed by atoms with Gasteiger partial charge in [-0.2, -0.15) is 0 Å². The Kier molecular flexibility index (Phi) is 4.54. The normalized spacial score (nSPS) is 22.2. The number of rotatable bonds is 5. The molecule has 2 heteroatoms. The largest absolute Gasteiger partial charge is 0.312 e. The molecule has 3 rings (SSSR count). The molecule has 0 amide bonds. The highest BCUT2D eigenvalue weighted by Crippen LogP contribution is 2.30. The molecule has 0 aliphatic heterocycles. The average molecular weight is 285 g/mol. The minimum absolute atomic E-state index is 0.892. The highest BCUT2D eigenvalue weighted by molar-refractivity contribution is 7.10. The third-order valence-electron chi connectivity index (χ3n) is 4.51. The van der Waals surface area contributed by atoms with Gasteiger partial charge in [-0.05, 0) is 47.4 Å². The summed E-state index contributed by atoms with van der Waals surface area (Å²) in [6, 6.07) is 13.0. The van der Waals surface area contributed by atoms with Crippen molar-refractivity contribution in [1.29, 1.82) is 0 Å². The highest BCUT2D eigenvalue weighted by Gasteiger charge is 2.22. The SMILES string of the molecule is CC1CCCC1CNCc1cc(-c2ccccc2)cs1. The summed E-state index contributed by atoms with van der Waals surface area (Å²) < 4.78 is 0. The van der Waals surface area contributed by atoms with Gasteiger partial charge in [0.15, 0.2) is 0 Å². The Labute approximate surface area is 126 Å². The van der Waals surface area contributed by atoms with Gasteiger partial charge in [-0.15, -0.1) is 11.3 Å². The Morgan fingerprint density at radius 2 is 2.00 bits per heavy atom. The van der Waals surface area contributed by atoms with Crippen LogP contribution < -0.4 is 5.32 Å². The van der Waals surface area contributed by atoms with Crippen LogP contribution in [0.15, 0.2) is 41.8 Å². The maximum Gasteiger partial charge on any atom is 0.0300 e. The van der Waals surface area contributed by atoms with Crippen LogP contribution in [0.2, 0.25) is 0 Å². The van der Waals surface area contributed by atoms with E-state index in [1.807, 2.05) is 11.3 Å². The van der Waals surface area contributed by atoms with Crippen molar-refractivity contribution in [1.82, 2.24) is 5.32 Å². The molecule has 1 aromatic heterocycles. The van der Waals surface area contributed by atoms with E-state index in [1.54, 1.807) is 0 Å². The quantitative estimate of drug-likeness (QED) is 0.820. The lowest BCUT2D eigenvalue weighted by molar-refractivity contribution is 0.392. The van der Waals surface area contributed by atoms with Crippen LogP contribution in [0.1, 0.15) is 31.1 Å². The first-order valence-electron chi connectivity index (χ1n) is 7.66. The molecule has 1 aliphatic carbocycles. The third kappa shape index (κ3) is 3.31. The van der Waals surface area contributed by atoms with Crippen LogP contribution in [0.4, 0.5) is 0 Å². The Balaban J connectivity index is 1.53. The smallest absolute Gasteiger partial charge is 0.0300 e. The summed E-state index contributed by atoms with van der Waals surface area (Å²) in [5.74, 6) is 1.80. The first-order chi connectivity index (χ1) is 9.83. The van der Waals surface area contributed by atoms with Crippen LogP contribution in [0.5, 0.6) is 0 Å². The van der Waals surface area contributed by atoms with Gasteiger partial charge in [-0.3, -0.25) is 0 Å². The van der Waals surface area contributed by atoms with Crippen molar-refractivity contribution in [3.05, 3.63) is 46.7 Å². The molecule has 0 radical (unpaired) electrons. The predicted molar refractivity (Wildman–Crippen MR) is 88.0 cm³/mol. The molecule has 106 valence electrons. The van der Waals surface area contributed by atoms with E-state index < -0.39 is 0 Å². The van der Waals surface area contributed by atoms with Crippen molar-refractivity contribution < 1.29 is 0 Å². The summed E-state index contributed by atoms with van der Waals surface area (Å²) in [6.45, 7) is 4.60. The molecule has 1 N–H and O–H groups in total. The van der Waals surface area contributed by atoms with Crippen LogP contribution in [0.25, 0.3) is 11.1 Å². The second-order valence-electron chi connectivity index (χ2n) is 5.97. The molecule has 20 heavy (non-hydrogen) atoms. The van der Waals surface area contributed by atoms with Crippen molar-refractivity contribution in [3.63, 3.8) is 0 Å². The van der Waals surface area contributed by atoms with Gasteiger partial charge in [0.25, 0.3) is 0 Å². The third-order valence-corrected chi connectivity index (χ3v) is 5.44. The lowest BCUT2D eigenvalue weighted by Crippen LogP contribution is -2.23. The molecule has 0 saturated heterocycles. The van der Waals surface area contributed by atoms with Crippen molar-refractivity contribution in [3.8, 4) is 11.1 Å². The molecule has 1 aliphatic rings. The van der Waals surface area contributed by atoms with Gasteiger partial charge in [0.1, 0.15) is 0 Å². The Hall–Kier alpha value is -1.12. The van der Waals surface area contributed by atoms with Crippen LogP contribution >= 0.6 is 11.3 Å². The maximum absolute atomic E-state index is 3.65. The van der Waals surface area contributed by atoms with Gasteiger partial charge in [-0.1, -0.05) is 50.1 Å². The monoisotopic (exact) mass is 285 g/mol. The maximum atomic E-state index is 3.65. The lowest BCUT2D eigenvalue weighted by Gasteiger charge is -2.15. The van der Waals surface area contributed by atoms with Crippen LogP contribution in [-0.4, -0.2) is 6.54 Å². The van der Waals surface area contributed by atoms with E-state index in [0.717, 1.165) is 18.4 Å². The zero-order chi connectivity index (χ0) is 13.8. The molecular weight excluding hydrogens is 262 g/mol. The molecule has 1 saturated carbocycles. The minimum Gasteiger partial charge on any atom is -0.312 e. The zero-order valence-electron chi connectivity index (χ0n) is 12.1. The Bertz CT molecular complexity index is 531. The minimum atomic E-state index is 0.892. The van der Waals surface area contributed by atoms with E-state index in [4.69, 9.17) is 0 Å². The van der Waals surface area contributed by atoms with Crippen LogP contribution in [0, 0.1) is 11.8 Å². The number of hydrogen-bond acceptors (Lipinski definition) is 2. The summed E-state index contributed by atoms with van der Waals surface area (Å²) in [6.07, 6.45) is 4.25. The fraction of sp³-hybridized carbons (Fsp3) is 0.444. The van der Waals surface area contributed by atoms with E-state index in [1.165, 1.54) is 41.8 Å². The Morgan fingerprint density at radius 3 is 2.75 bits per heavy atom. The van der Waals surface area contributed by atoms with Gasteiger partial charge >= 0.3 is 0 Å². The van der Waals surface area contributed by atoms with Crippen LogP contribution in [-0.2, 0) is 6.54 Å². The summed E-state index contributed by atoms with van der Waals surface area (Å²) in [7, 11) is 0. The fourth-order valence-corrected chi connectivity index (χ4v) is 4.02. The molecule has 1 aromatic carbocycles. The molecule has 2 atom stereocenters. The summed E-state index contributed by atoms with van der Waals surface area (Å²) >= 11 is 1.87. The first kappa shape index (κ1) is 13.8. The van der Waals surface area contributed by atoms with E-state index in [9.17, 15) is 0 Å². The van der Waals surface area contributed by atoms with Crippen molar-refractivity contribution in [2.24, 2.45) is 11.8 Å². The number of thiophene rings is 1. The molecular formula is C18H23NS. The second kappa shape index (κ2) is 6.55. The highest BCUT2D eigenvalue weighted by atomic mass is 32.1. The van der Waals surface area contributed by atoms with Crippen molar-refractivity contribution in [2.45, 2.75) is 32.7 Å². The molecule has 1 nitrogen and oxygen atoms in total. The molecule has 0 spiro atoms. The van der Waals surface area contributed by atoms with Crippen LogP contribution in [0.3, 0.4) is 0 Å². The van der Waals surface area contributed by atoms with Gasteiger partial charge in [0.05, 0.1) is 0 Å². The van der Waals surface area contributed by atoms with Gasteiger partial charge in [-0.25, -0.2) is 0 Å².